The third-order valence-electron chi connectivity index (χ3n) is 8.15. The Morgan fingerprint density at radius 2 is 1.71 bits per heavy atom. The summed E-state index contributed by atoms with van der Waals surface area (Å²) in [6.45, 7) is 7.70. The van der Waals surface area contributed by atoms with Crippen LogP contribution in [0.2, 0.25) is 0 Å². The van der Waals surface area contributed by atoms with Crippen LogP contribution in [0.1, 0.15) is 69.1 Å². The Labute approximate surface area is 239 Å². The molecule has 1 amide bonds. The molecule has 9 heteroatoms. The highest BCUT2D eigenvalue weighted by atomic mass is 19.1. The molecule has 41 heavy (non-hydrogen) atoms. The highest BCUT2D eigenvalue weighted by Crippen LogP contribution is 2.41. The zero-order valence-electron chi connectivity index (χ0n) is 24.4. The fraction of sp³-hybridized carbons (Fsp3) is 0.469. The first-order valence-corrected chi connectivity index (χ1v) is 14.3. The first-order chi connectivity index (χ1) is 19.4. The number of halogens is 1. The van der Waals surface area contributed by atoms with Crippen LogP contribution in [0.15, 0.2) is 41.5 Å². The molecule has 1 aliphatic carbocycles. The molecule has 3 aromatic rings. The molecule has 1 saturated carbocycles. The van der Waals surface area contributed by atoms with E-state index in [1.54, 1.807) is 53.2 Å². The highest BCUT2D eigenvalue weighted by Gasteiger charge is 2.32. The number of ether oxygens (including phenoxy) is 2. The van der Waals surface area contributed by atoms with Gasteiger partial charge in [0.25, 0.3) is 5.56 Å². The van der Waals surface area contributed by atoms with Crippen molar-refractivity contribution in [3.05, 3.63) is 69.5 Å². The fourth-order valence-electron chi connectivity index (χ4n) is 5.84. The molecule has 5 rings (SSSR count). The summed E-state index contributed by atoms with van der Waals surface area (Å²) in [6.07, 6.45) is 7.91. The lowest BCUT2D eigenvalue weighted by atomic mass is 9.91. The minimum atomic E-state index is -1.19. The molecule has 0 bridgehead atoms. The molecule has 2 aliphatic rings. The predicted octanol–water partition coefficient (Wildman–Crippen LogP) is 5.54. The van der Waals surface area contributed by atoms with E-state index in [0.29, 0.717) is 45.7 Å². The van der Waals surface area contributed by atoms with E-state index in [1.165, 1.54) is 22.8 Å². The largest absolute Gasteiger partial charge is 0.490 e. The SMILES string of the molecule is Cc1cc(F)cc(C)c1Oc1ncc(C(C)(C)O)cc1-c1cn(C)c(=O)cc1OC1CCC(N2CCCC2=O)CC1. The van der Waals surface area contributed by atoms with Crippen molar-refractivity contribution in [3.63, 3.8) is 0 Å². The van der Waals surface area contributed by atoms with E-state index in [9.17, 15) is 19.1 Å². The van der Waals surface area contributed by atoms with Gasteiger partial charge in [-0.3, -0.25) is 9.59 Å². The lowest BCUT2D eigenvalue weighted by Gasteiger charge is -2.35. The molecule has 0 unspecified atom stereocenters. The number of carbonyl (C=O) groups is 1. The van der Waals surface area contributed by atoms with Gasteiger partial charge in [-0.1, -0.05) is 0 Å². The van der Waals surface area contributed by atoms with Gasteiger partial charge in [-0.05, 0) is 89.1 Å². The summed E-state index contributed by atoms with van der Waals surface area (Å²) in [5.74, 6) is 1.02. The fourth-order valence-corrected chi connectivity index (χ4v) is 5.84. The summed E-state index contributed by atoms with van der Waals surface area (Å²) in [5, 5.41) is 10.8. The second-order valence-electron chi connectivity index (χ2n) is 11.8. The smallest absolute Gasteiger partial charge is 0.254 e. The molecule has 1 saturated heterocycles. The van der Waals surface area contributed by atoms with Crippen molar-refractivity contribution in [2.24, 2.45) is 7.05 Å². The van der Waals surface area contributed by atoms with Crippen LogP contribution in [0.3, 0.4) is 0 Å². The summed E-state index contributed by atoms with van der Waals surface area (Å²) in [4.78, 5) is 31.6. The van der Waals surface area contributed by atoms with Crippen LogP contribution in [0.25, 0.3) is 11.1 Å². The maximum Gasteiger partial charge on any atom is 0.254 e. The topological polar surface area (TPSA) is 93.9 Å². The molecular weight excluding hydrogens is 525 g/mol. The Morgan fingerprint density at radius 1 is 1.02 bits per heavy atom. The Hall–Kier alpha value is -3.72. The standard InChI is InChI=1S/C32H38FN3O5/c1-19-13-22(33)14-20(2)30(19)41-31-25(15-21(17-34-31)32(3,4)39)26-18-35(5)29(38)16-27(26)40-24-10-8-23(9-11-24)36-12-6-7-28(36)37/h13-18,23-24,39H,6-12H2,1-5H3. The molecule has 218 valence electrons. The van der Waals surface area contributed by atoms with E-state index in [4.69, 9.17) is 9.47 Å². The molecule has 2 fully saturated rings. The summed E-state index contributed by atoms with van der Waals surface area (Å²) in [5.41, 5.74) is 1.51. The molecule has 8 nitrogen and oxygen atoms in total. The number of amides is 1. The van der Waals surface area contributed by atoms with Crippen molar-refractivity contribution in [2.45, 2.75) is 84.0 Å². The van der Waals surface area contributed by atoms with Crippen LogP contribution in [0.5, 0.6) is 17.4 Å². The molecule has 1 aliphatic heterocycles. The van der Waals surface area contributed by atoms with E-state index in [1.807, 2.05) is 4.90 Å². The van der Waals surface area contributed by atoms with Crippen LogP contribution >= 0.6 is 0 Å². The minimum absolute atomic E-state index is 0.119. The van der Waals surface area contributed by atoms with Gasteiger partial charge in [0.05, 0.1) is 11.7 Å². The normalized spacial score (nSPS) is 19.5. The Bertz CT molecular complexity index is 1500. The lowest BCUT2D eigenvalue weighted by Crippen LogP contribution is -2.40. The summed E-state index contributed by atoms with van der Waals surface area (Å²) < 4.78 is 28.3. The molecular formula is C32H38FN3O5. The summed E-state index contributed by atoms with van der Waals surface area (Å²) in [7, 11) is 1.66. The maximum atomic E-state index is 14.0. The van der Waals surface area contributed by atoms with E-state index in [-0.39, 0.29) is 35.3 Å². The lowest BCUT2D eigenvalue weighted by molar-refractivity contribution is -0.130. The molecule has 0 radical (unpaired) electrons. The van der Waals surface area contributed by atoms with Gasteiger partial charge in [0, 0.05) is 61.2 Å². The van der Waals surface area contributed by atoms with Crippen LogP contribution in [-0.2, 0) is 17.4 Å². The number of benzene rings is 1. The van der Waals surface area contributed by atoms with Gasteiger partial charge in [0.2, 0.25) is 11.8 Å². The monoisotopic (exact) mass is 563 g/mol. The van der Waals surface area contributed by atoms with Crippen molar-refractivity contribution < 1.29 is 23.8 Å². The van der Waals surface area contributed by atoms with Gasteiger partial charge in [-0.15, -0.1) is 0 Å². The van der Waals surface area contributed by atoms with E-state index in [2.05, 4.69) is 4.98 Å². The number of hydrogen-bond acceptors (Lipinski definition) is 6. The molecule has 2 aromatic heterocycles. The van der Waals surface area contributed by atoms with Crippen molar-refractivity contribution >= 4 is 5.91 Å². The molecule has 0 atom stereocenters. The van der Waals surface area contributed by atoms with Crippen LogP contribution in [-0.4, -0.2) is 44.2 Å². The van der Waals surface area contributed by atoms with Crippen molar-refractivity contribution in [2.75, 3.05) is 6.54 Å². The highest BCUT2D eigenvalue weighted by molar-refractivity contribution is 5.78. The van der Waals surface area contributed by atoms with Gasteiger partial charge < -0.3 is 24.0 Å². The van der Waals surface area contributed by atoms with Gasteiger partial charge in [0.15, 0.2) is 0 Å². The van der Waals surface area contributed by atoms with Crippen LogP contribution < -0.4 is 15.0 Å². The Kier molecular flexibility index (Phi) is 7.92. The van der Waals surface area contributed by atoms with Gasteiger partial charge in [-0.2, -0.15) is 0 Å². The molecule has 1 N–H and O–H groups in total. The van der Waals surface area contributed by atoms with Crippen molar-refractivity contribution in [1.82, 2.24) is 14.5 Å². The number of hydrogen-bond donors (Lipinski definition) is 1. The average molecular weight is 564 g/mol. The second kappa shape index (κ2) is 11.3. The number of likely N-dealkylation sites (tertiary alicyclic amines) is 1. The van der Waals surface area contributed by atoms with E-state index in [0.717, 1.165) is 38.6 Å². The van der Waals surface area contributed by atoms with Gasteiger partial charge in [0.1, 0.15) is 17.3 Å². The van der Waals surface area contributed by atoms with Crippen molar-refractivity contribution in [1.29, 1.82) is 0 Å². The van der Waals surface area contributed by atoms with E-state index < -0.39 is 5.60 Å². The number of aryl methyl sites for hydroxylation is 3. The first kappa shape index (κ1) is 28.8. The number of aliphatic hydroxyl groups is 1. The van der Waals surface area contributed by atoms with Gasteiger partial charge in [-0.25, -0.2) is 9.37 Å². The van der Waals surface area contributed by atoms with Crippen LogP contribution in [0.4, 0.5) is 4.39 Å². The summed E-state index contributed by atoms with van der Waals surface area (Å²) >= 11 is 0. The predicted molar refractivity (Wildman–Crippen MR) is 154 cm³/mol. The zero-order chi connectivity index (χ0) is 29.5. The average Bonchev–Trinajstić information content (AvgIpc) is 3.34. The number of aromatic nitrogens is 2. The number of carbonyl (C=O) groups excluding carboxylic acids is 1. The number of rotatable bonds is 7. The van der Waals surface area contributed by atoms with Gasteiger partial charge >= 0.3 is 0 Å². The third kappa shape index (κ3) is 6.15. The Morgan fingerprint density at radius 3 is 2.32 bits per heavy atom. The number of pyridine rings is 2. The minimum Gasteiger partial charge on any atom is -0.490 e. The molecule has 0 spiro atoms. The van der Waals surface area contributed by atoms with Crippen LogP contribution in [0, 0.1) is 19.7 Å². The quantitative estimate of drug-likeness (QED) is 0.406. The maximum absolute atomic E-state index is 14.0. The summed E-state index contributed by atoms with van der Waals surface area (Å²) in [6, 6.07) is 6.31. The zero-order valence-corrected chi connectivity index (χ0v) is 24.4. The van der Waals surface area contributed by atoms with E-state index >= 15 is 0 Å². The third-order valence-corrected chi connectivity index (χ3v) is 8.15. The molecule has 3 heterocycles. The number of nitrogens with zero attached hydrogens (tertiary/aromatic N) is 3. The van der Waals surface area contributed by atoms with Crippen molar-refractivity contribution in [3.8, 4) is 28.5 Å². The molecule has 1 aromatic carbocycles. The Balaban J connectivity index is 1.51. The second-order valence-corrected chi connectivity index (χ2v) is 11.8. The first-order valence-electron chi connectivity index (χ1n) is 14.3.